The summed E-state index contributed by atoms with van der Waals surface area (Å²) in [6, 6.07) is 0. The maximum Gasteiger partial charge on any atom is 0.305 e. The van der Waals surface area contributed by atoms with Gasteiger partial charge in [0.05, 0.1) is 6.61 Å². The van der Waals surface area contributed by atoms with E-state index < -0.39 is 0 Å². The van der Waals surface area contributed by atoms with E-state index in [4.69, 9.17) is 4.74 Å². The Balaban J connectivity index is 2.03. The smallest absolute Gasteiger partial charge is 0.305 e. The molecule has 0 saturated heterocycles. The van der Waals surface area contributed by atoms with E-state index in [-0.39, 0.29) is 11.9 Å². The number of hydrogen-bond donors (Lipinski definition) is 0. The van der Waals surface area contributed by atoms with Gasteiger partial charge in [-0.3, -0.25) is 4.79 Å². The summed E-state index contributed by atoms with van der Waals surface area (Å²) in [5.41, 5.74) is 0. The molecule has 0 heterocycles. The third-order valence-electron chi connectivity index (χ3n) is 2.06. The van der Waals surface area contributed by atoms with Crippen LogP contribution in [0.1, 0.15) is 26.2 Å². The lowest BCUT2D eigenvalue weighted by Crippen LogP contribution is -2.07. The van der Waals surface area contributed by atoms with Crippen LogP contribution in [0.5, 0.6) is 0 Å². The normalized spacial score (nSPS) is 26.4. The lowest BCUT2D eigenvalue weighted by molar-refractivity contribution is -0.144. The van der Waals surface area contributed by atoms with Gasteiger partial charge in [0.1, 0.15) is 6.29 Å². The highest BCUT2D eigenvalue weighted by molar-refractivity contribution is 5.69. The van der Waals surface area contributed by atoms with Gasteiger partial charge in [-0.2, -0.15) is 0 Å². The minimum atomic E-state index is -0.144. The van der Waals surface area contributed by atoms with Crippen LogP contribution in [0.25, 0.3) is 0 Å². The average Bonchev–Trinajstić information content (AvgIpc) is 2.80. The van der Waals surface area contributed by atoms with Gasteiger partial charge in [0, 0.05) is 18.3 Å². The van der Waals surface area contributed by atoms with Crippen molar-refractivity contribution < 1.29 is 14.3 Å². The van der Waals surface area contributed by atoms with E-state index in [1.54, 1.807) is 0 Å². The Hall–Kier alpha value is -0.860. The van der Waals surface area contributed by atoms with Crippen molar-refractivity contribution in [1.82, 2.24) is 0 Å². The second kappa shape index (κ2) is 4.24. The quantitative estimate of drug-likeness (QED) is 0.459. The molecule has 0 aromatic rings. The molecule has 1 aliphatic carbocycles. The van der Waals surface area contributed by atoms with Gasteiger partial charge in [-0.25, -0.2) is 0 Å². The molecule has 0 bridgehead atoms. The summed E-state index contributed by atoms with van der Waals surface area (Å²) in [5, 5.41) is 0. The Morgan fingerprint density at radius 2 is 2.42 bits per heavy atom. The minimum absolute atomic E-state index is 0.144. The average molecular weight is 170 g/mol. The fourth-order valence-electron chi connectivity index (χ4n) is 1.11. The molecule has 0 aromatic carbocycles. The van der Waals surface area contributed by atoms with Crippen molar-refractivity contribution in [3.05, 3.63) is 0 Å². The fourth-order valence-corrected chi connectivity index (χ4v) is 1.11. The number of rotatable bonds is 5. The second-order valence-electron chi connectivity index (χ2n) is 3.23. The second-order valence-corrected chi connectivity index (χ2v) is 3.23. The van der Waals surface area contributed by atoms with E-state index in [1.807, 2.05) is 6.92 Å². The fraction of sp³-hybridized carbons (Fsp3) is 0.778. The Morgan fingerprint density at radius 1 is 1.67 bits per heavy atom. The zero-order valence-electron chi connectivity index (χ0n) is 7.29. The predicted molar refractivity (Wildman–Crippen MR) is 43.5 cm³/mol. The molecule has 1 saturated carbocycles. The summed E-state index contributed by atoms with van der Waals surface area (Å²) in [5.74, 6) is 0.316. The largest absolute Gasteiger partial charge is 0.465 e. The zero-order chi connectivity index (χ0) is 8.97. The SMILES string of the molecule is CCCC(=O)OC[C@H]1C[C@H]1C=O. The van der Waals surface area contributed by atoms with Gasteiger partial charge in [-0.05, 0) is 12.8 Å². The van der Waals surface area contributed by atoms with Crippen molar-refractivity contribution in [2.24, 2.45) is 11.8 Å². The molecule has 0 aliphatic heterocycles. The zero-order valence-corrected chi connectivity index (χ0v) is 7.29. The molecule has 0 N–H and O–H groups in total. The molecule has 1 rings (SSSR count). The molecule has 3 heteroatoms. The van der Waals surface area contributed by atoms with Gasteiger partial charge >= 0.3 is 5.97 Å². The third-order valence-corrected chi connectivity index (χ3v) is 2.06. The van der Waals surface area contributed by atoms with Crippen LogP contribution in [0.15, 0.2) is 0 Å². The maximum atomic E-state index is 10.9. The van der Waals surface area contributed by atoms with Gasteiger partial charge in [0.2, 0.25) is 0 Å². The van der Waals surface area contributed by atoms with Crippen LogP contribution in [0.2, 0.25) is 0 Å². The summed E-state index contributed by atoms with van der Waals surface area (Å²) >= 11 is 0. The van der Waals surface area contributed by atoms with Gasteiger partial charge in [0.15, 0.2) is 0 Å². The first-order valence-corrected chi connectivity index (χ1v) is 4.38. The van der Waals surface area contributed by atoms with E-state index >= 15 is 0 Å². The van der Waals surface area contributed by atoms with Crippen LogP contribution in [0, 0.1) is 11.8 Å². The summed E-state index contributed by atoms with van der Waals surface area (Å²) in [6.07, 6.45) is 3.14. The van der Waals surface area contributed by atoms with E-state index in [1.165, 1.54) is 0 Å². The van der Waals surface area contributed by atoms with Crippen molar-refractivity contribution in [2.45, 2.75) is 26.2 Å². The summed E-state index contributed by atoms with van der Waals surface area (Å²) < 4.78 is 4.94. The number of ether oxygens (including phenoxy) is 1. The highest BCUT2D eigenvalue weighted by Crippen LogP contribution is 2.36. The minimum Gasteiger partial charge on any atom is -0.465 e. The van der Waals surface area contributed by atoms with E-state index in [9.17, 15) is 9.59 Å². The first-order valence-electron chi connectivity index (χ1n) is 4.38. The van der Waals surface area contributed by atoms with Crippen LogP contribution < -0.4 is 0 Å². The molecule has 0 unspecified atom stereocenters. The van der Waals surface area contributed by atoms with Crippen molar-refractivity contribution in [2.75, 3.05) is 6.61 Å². The molecule has 0 amide bonds. The van der Waals surface area contributed by atoms with Crippen molar-refractivity contribution in [1.29, 1.82) is 0 Å². The molecule has 2 atom stereocenters. The summed E-state index contributed by atoms with van der Waals surface area (Å²) in [7, 11) is 0. The molecular weight excluding hydrogens is 156 g/mol. The monoisotopic (exact) mass is 170 g/mol. The highest BCUT2D eigenvalue weighted by atomic mass is 16.5. The number of esters is 1. The van der Waals surface area contributed by atoms with Gasteiger partial charge in [0.25, 0.3) is 0 Å². The Labute approximate surface area is 72.1 Å². The first kappa shape index (κ1) is 9.23. The standard InChI is InChI=1S/C9H14O3/c1-2-3-9(11)12-6-8-4-7(8)5-10/h5,7-8H,2-4,6H2,1H3/t7-,8+/m0/s1. The lowest BCUT2D eigenvalue weighted by Gasteiger charge is -2.01. The van der Waals surface area contributed by atoms with E-state index in [0.717, 1.165) is 19.1 Å². The molecule has 0 radical (unpaired) electrons. The number of aldehydes is 1. The third kappa shape index (κ3) is 2.64. The molecule has 1 aliphatic rings. The number of hydrogen-bond acceptors (Lipinski definition) is 3. The predicted octanol–water partition coefficient (Wildman–Crippen LogP) is 1.16. The molecule has 0 spiro atoms. The van der Waals surface area contributed by atoms with Crippen molar-refractivity contribution in [3.8, 4) is 0 Å². The molecule has 68 valence electrons. The number of carbonyl (C=O) groups excluding carboxylic acids is 2. The Kier molecular flexibility index (Phi) is 3.26. The summed E-state index contributed by atoms with van der Waals surface area (Å²) in [6.45, 7) is 2.37. The Morgan fingerprint density at radius 3 is 2.92 bits per heavy atom. The lowest BCUT2D eigenvalue weighted by atomic mass is 10.3. The number of carbonyl (C=O) groups is 2. The van der Waals surface area contributed by atoms with Gasteiger partial charge < -0.3 is 9.53 Å². The molecule has 0 aromatic heterocycles. The topological polar surface area (TPSA) is 43.4 Å². The highest BCUT2D eigenvalue weighted by Gasteiger charge is 2.37. The van der Waals surface area contributed by atoms with Crippen LogP contribution in [-0.2, 0) is 14.3 Å². The van der Waals surface area contributed by atoms with Crippen LogP contribution in [0.3, 0.4) is 0 Å². The van der Waals surface area contributed by atoms with Crippen molar-refractivity contribution in [3.63, 3.8) is 0 Å². The van der Waals surface area contributed by atoms with E-state index in [2.05, 4.69) is 0 Å². The van der Waals surface area contributed by atoms with Crippen LogP contribution in [-0.4, -0.2) is 18.9 Å². The Bertz CT molecular complexity index is 177. The van der Waals surface area contributed by atoms with Crippen LogP contribution in [0.4, 0.5) is 0 Å². The van der Waals surface area contributed by atoms with Gasteiger partial charge in [-0.1, -0.05) is 6.92 Å². The summed E-state index contributed by atoms with van der Waals surface area (Å²) in [4.78, 5) is 21.1. The molecule has 3 nitrogen and oxygen atoms in total. The molecule has 1 fully saturated rings. The van der Waals surface area contributed by atoms with E-state index in [0.29, 0.717) is 18.9 Å². The van der Waals surface area contributed by atoms with Crippen molar-refractivity contribution >= 4 is 12.3 Å². The maximum absolute atomic E-state index is 10.9. The van der Waals surface area contributed by atoms with Gasteiger partial charge in [-0.15, -0.1) is 0 Å². The molecular formula is C9H14O3. The first-order chi connectivity index (χ1) is 5.77. The van der Waals surface area contributed by atoms with Crippen LogP contribution >= 0.6 is 0 Å². The molecule has 12 heavy (non-hydrogen) atoms.